The minimum absolute atomic E-state index is 0.0664. The Labute approximate surface area is 359 Å². The largest absolute Gasteiger partial charge is 0.492 e. The van der Waals surface area contributed by atoms with Crippen LogP contribution in [0.4, 0.5) is 0 Å². The third kappa shape index (κ3) is 6.02. The first-order chi connectivity index (χ1) is 29.4. The van der Waals surface area contributed by atoms with Crippen molar-refractivity contribution in [3.05, 3.63) is 97.5 Å². The van der Waals surface area contributed by atoms with Crippen LogP contribution >= 0.6 is 11.6 Å². The summed E-state index contributed by atoms with van der Waals surface area (Å²) < 4.78 is 8.53. The monoisotopic (exact) mass is 842 g/mol. The fraction of sp³-hybridized carbons (Fsp3) is 0.500. The van der Waals surface area contributed by atoms with E-state index in [1.54, 1.807) is 11.0 Å². The van der Waals surface area contributed by atoms with E-state index >= 15 is 0 Å². The van der Waals surface area contributed by atoms with Crippen LogP contribution in [-0.2, 0) is 31.8 Å². The smallest absolute Gasteiger partial charge is 0.282 e. The molecule has 0 radical (unpaired) electrons. The zero-order chi connectivity index (χ0) is 41.9. The summed E-state index contributed by atoms with van der Waals surface area (Å²) in [6.07, 6.45) is 8.29. The molecule has 6 aliphatic heterocycles. The molecule has 0 unspecified atom stereocenters. The Kier molecular flexibility index (Phi) is 9.06. The van der Waals surface area contributed by atoms with Crippen LogP contribution in [0.5, 0.6) is 5.75 Å². The second-order valence-electron chi connectivity index (χ2n) is 19.2. The summed E-state index contributed by atoms with van der Waals surface area (Å²) in [6.45, 7) is 8.58. The van der Waals surface area contributed by atoms with Crippen molar-refractivity contribution in [2.24, 2.45) is 5.92 Å². The first-order valence-corrected chi connectivity index (χ1v) is 22.6. The van der Waals surface area contributed by atoms with Crippen molar-refractivity contribution < 1.29 is 23.9 Å². The van der Waals surface area contributed by atoms with Gasteiger partial charge in [0.2, 0.25) is 17.7 Å². The molecule has 13 heteroatoms. The third-order valence-electron chi connectivity index (χ3n) is 15.7. The molecule has 1 saturated carbocycles. The van der Waals surface area contributed by atoms with Crippen molar-refractivity contribution >= 4 is 46.1 Å². The first kappa shape index (κ1) is 38.8. The zero-order valence-electron chi connectivity index (χ0n) is 34.8. The lowest BCUT2D eigenvalue weighted by molar-refractivity contribution is -0.139. The number of likely N-dealkylation sites (tertiary alicyclic amines) is 2. The molecule has 1 N–H and O–H groups in total. The highest BCUT2D eigenvalue weighted by Crippen LogP contribution is 2.50. The molecule has 3 aromatic carbocycles. The van der Waals surface area contributed by atoms with Gasteiger partial charge in [-0.2, -0.15) is 4.98 Å². The van der Waals surface area contributed by atoms with Gasteiger partial charge in [0.05, 0.1) is 40.2 Å². The molecule has 316 valence electrons. The van der Waals surface area contributed by atoms with Gasteiger partial charge in [-0.15, -0.1) is 0 Å². The van der Waals surface area contributed by atoms with Crippen molar-refractivity contribution in [2.75, 3.05) is 32.8 Å². The van der Waals surface area contributed by atoms with E-state index in [4.69, 9.17) is 16.3 Å². The molecule has 12 nitrogen and oxygen atoms in total. The van der Waals surface area contributed by atoms with E-state index < -0.39 is 17.4 Å². The quantitative estimate of drug-likeness (QED) is 0.243. The highest BCUT2D eigenvalue weighted by molar-refractivity contribution is 6.35. The van der Waals surface area contributed by atoms with Gasteiger partial charge >= 0.3 is 0 Å². The summed E-state index contributed by atoms with van der Waals surface area (Å²) in [6, 6.07) is 16.2. The fourth-order valence-corrected chi connectivity index (χ4v) is 12.4. The minimum atomic E-state index is -0.661. The van der Waals surface area contributed by atoms with E-state index in [2.05, 4.69) is 56.7 Å². The lowest BCUT2D eigenvalue weighted by Crippen LogP contribution is -2.52. The van der Waals surface area contributed by atoms with Crippen molar-refractivity contribution in [3.8, 4) is 11.4 Å². The molecule has 1 atom stereocenters. The van der Waals surface area contributed by atoms with Crippen LogP contribution in [0.3, 0.4) is 0 Å². The molecule has 4 fully saturated rings. The Hall–Kier alpha value is -5.07. The summed E-state index contributed by atoms with van der Waals surface area (Å²) >= 11 is 6.53. The molecule has 1 aliphatic carbocycles. The number of ether oxygens (including phenoxy) is 1. The summed E-state index contributed by atoms with van der Waals surface area (Å²) in [5.41, 5.74) is 6.03. The predicted octanol–water partition coefficient (Wildman–Crippen LogP) is 6.13. The summed E-state index contributed by atoms with van der Waals surface area (Å²) in [4.78, 5) is 75.7. The van der Waals surface area contributed by atoms with E-state index in [0.29, 0.717) is 66.5 Å². The number of fused-ring (bicyclic) bond motifs is 9. The topological polar surface area (TPSA) is 134 Å². The van der Waals surface area contributed by atoms with Gasteiger partial charge in [0, 0.05) is 53.6 Å². The molecule has 0 bridgehead atoms. The summed E-state index contributed by atoms with van der Waals surface area (Å²) in [5.74, 6) is 1.42. The molecular formula is C48H51ClN6O6. The number of carbonyl (C=O) groups excluding carboxylic acids is 4. The van der Waals surface area contributed by atoms with Crippen LogP contribution in [0.15, 0.2) is 53.3 Å². The first-order valence-electron chi connectivity index (χ1n) is 22.2. The van der Waals surface area contributed by atoms with Gasteiger partial charge in [-0.25, -0.2) is 0 Å². The number of rotatable bonds is 4. The second-order valence-corrected chi connectivity index (χ2v) is 19.6. The maximum Gasteiger partial charge on any atom is 0.282 e. The van der Waals surface area contributed by atoms with Gasteiger partial charge in [0.25, 0.3) is 11.5 Å². The van der Waals surface area contributed by atoms with Crippen LogP contribution in [0.2, 0.25) is 5.02 Å². The SMILES string of the molecule is CC1(C)c2ccc(C3CCN(C4CCC(C(=O)N5CCC6(CC5)COc5c6ccc6c5CN([C@@H]5CCC(=O)NC5=O)C6=O)CC4)CC3)cc2-n2c1nc(=O)c1c(Cl)cccc12. The number of nitrogens with one attached hydrogen (secondary N) is 1. The van der Waals surface area contributed by atoms with Gasteiger partial charge in [0.1, 0.15) is 17.6 Å². The Morgan fingerprint density at radius 3 is 2.39 bits per heavy atom. The predicted molar refractivity (Wildman–Crippen MR) is 229 cm³/mol. The molecule has 4 aromatic rings. The van der Waals surface area contributed by atoms with Crippen LogP contribution in [0.1, 0.15) is 122 Å². The van der Waals surface area contributed by atoms with Crippen LogP contribution in [-0.4, -0.2) is 92.7 Å². The molecule has 1 spiro atoms. The highest BCUT2D eigenvalue weighted by atomic mass is 35.5. The summed E-state index contributed by atoms with van der Waals surface area (Å²) in [5, 5.41) is 3.28. The number of benzene rings is 3. The molecule has 4 amide bonds. The maximum absolute atomic E-state index is 14.0. The molecular weight excluding hydrogens is 792 g/mol. The average molecular weight is 843 g/mol. The van der Waals surface area contributed by atoms with Gasteiger partial charge < -0.3 is 19.4 Å². The number of hydrogen-bond donors (Lipinski definition) is 1. The molecule has 7 heterocycles. The van der Waals surface area contributed by atoms with Gasteiger partial charge in [0.15, 0.2) is 0 Å². The maximum atomic E-state index is 14.0. The molecule has 3 saturated heterocycles. The van der Waals surface area contributed by atoms with Crippen LogP contribution in [0, 0.1) is 5.92 Å². The van der Waals surface area contributed by atoms with Gasteiger partial charge in [-0.1, -0.05) is 35.9 Å². The van der Waals surface area contributed by atoms with Crippen molar-refractivity contribution in [3.63, 3.8) is 0 Å². The Bertz CT molecular complexity index is 2610. The normalized spacial score (nSPS) is 25.6. The van der Waals surface area contributed by atoms with E-state index in [-0.39, 0.29) is 35.1 Å². The average Bonchev–Trinajstić information content (AvgIpc) is 3.87. The number of aromatic nitrogens is 2. The van der Waals surface area contributed by atoms with Crippen molar-refractivity contribution in [1.82, 2.24) is 29.6 Å². The zero-order valence-corrected chi connectivity index (χ0v) is 35.6. The Balaban J connectivity index is 0.696. The molecule has 11 rings (SSSR count). The van der Waals surface area contributed by atoms with Crippen LogP contribution in [0.25, 0.3) is 16.6 Å². The lowest BCUT2D eigenvalue weighted by atomic mass is 9.73. The van der Waals surface area contributed by atoms with E-state index in [9.17, 15) is 24.0 Å². The fourth-order valence-electron chi connectivity index (χ4n) is 12.1. The van der Waals surface area contributed by atoms with Crippen LogP contribution < -0.4 is 15.6 Å². The number of halogens is 1. The number of imide groups is 1. The van der Waals surface area contributed by atoms with E-state index in [0.717, 1.165) is 98.4 Å². The Morgan fingerprint density at radius 2 is 1.64 bits per heavy atom. The Morgan fingerprint density at radius 1 is 0.885 bits per heavy atom. The number of hydrogen-bond acceptors (Lipinski definition) is 8. The number of amides is 4. The summed E-state index contributed by atoms with van der Waals surface area (Å²) in [7, 11) is 0. The van der Waals surface area contributed by atoms with E-state index in [1.165, 1.54) is 11.1 Å². The van der Waals surface area contributed by atoms with Gasteiger partial charge in [-0.05, 0) is 126 Å². The number of nitrogens with zero attached hydrogens (tertiary/aromatic N) is 5. The van der Waals surface area contributed by atoms with Crippen molar-refractivity contribution in [2.45, 2.75) is 113 Å². The molecule has 61 heavy (non-hydrogen) atoms. The number of carbonyl (C=O) groups is 4. The third-order valence-corrected chi connectivity index (χ3v) is 16.0. The van der Waals surface area contributed by atoms with Gasteiger partial charge in [-0.3, -0.25) is 33.9 Å². The minimum Gasteiger partial charge on any atom is -0.492 e. The molecule has 7 aliphatic rings. The standard InChI is InChI=1S/C48H51ClN6O6/c1-47(2)33-12-8-29(24-38(33)55-36-5-3-4-35(49)40(36)43(58)51-46(47)55)27-16-20-52(21-17-27)30-9-6-28(7-10-30)44(59)53-22-18-48(19-23-53)26-61-41-32-25-54(37-14-15-39(56)50-42(37)57)45(60)31(32)11-13-34(41)48/h3-5,8,11-13,24,27-28,30,37H,6-7,9-10,14-23,25-26H2,1-2H3,(H,50,56,57)/t28?,30?,37-/m1/s1. The van der Waals surface area contributed by atoms with Crippen molar-refractivity contribution in [1.29, 1.82) is 0 Å². The lowest BCUT2D eigenvalue weighted by Gasteiger charge is -2.43. The second kappa shape index (κ2) is 14.2. The molecule has 1 aromatic heterocycles. The number of piperidine rings is 3. The highest BCUT2D eigenvalue weighted by Gasteiger charge is 2.49. The van der Waals surface area contributed by atoms with E-state index in [1.807, 2.05) is 24.3 Å².